The molecule has 0 fully saturated rings. The number of amides is 2. The van der Waals surface area contributed by atoms with Gasteiger partial charge in [0.2, 0.25) is 0 Å². The van der Waals surface area contributed by atoms with Gasteiger partial charge in [0.15, 0.2) is 0 Å². The highest BCUT2D eigenvalue weighted by molar-refractivity contribution is 6.47. The molecular weight excluding hydrogens is 356 g/mol. The van der Waals surface area contributed by atoms with Crippen molar-refractivity contribution >= 4 is 29.1 Å². The number of Topliss-reactive ketones (excluding diaryl/α,β-unsaturated/α-hetero) is 1. The van der Waals surface area contributed by atoms with Gasteiger partial charge in [-0.1, -0.05) is 24.3 Å². The van der Waals surface area contributed by atoms with Crippen LogP contribution >= 0.6 is 0 Å². The molecule has 0 radical (unpaired) electrons. The number of nitrogens with zero attached hydrogens (tertiary/aromatic N) is 2. The van der Waals surface area contributed by atoms with E-state index in [0.717, 1.165) is 0 Å². The molecule has 0 bridgehead atoms. The average molecular weight is 376 g/mol. The van der Waals surface area contributed by atoms with Crippen LogP contribution in [0.5, 0.6) is 0 Å². The number of para-hydroxylation sites is 1. The minimum atomic E-state index is -0.800. The highest BCUT2D eigenvalue weighted by atomic mass is 16.2. The van der Waals surface area contributed by atoms with E-state index in [0.29, 0.717) is 22.6 Å². The summed E-state index contributed by atoms with van der Waals surface area (Å²) >= 11 is 0. The number of nitrogens with one attached hydrogen (secondary N) is 2. The van der Waals surface area contributed by atoms with Gasteiger partial charge in [0.05, 0.1) is 5.56 Å². The molecule has 0 spiro atoms. The van der Waals surface area contributed by atoms with E-state index in [1.807, 2.05) is 18.2 Å². The highest BCUT2D eigenvalue weighted by Gasteiger charge is 2.28. The van der Waals surface area contributed by atoms with Crippen LogP contribution in [0.4, 0.5) is 11.5 Å². The van der Waals surface area contributed by atoms with Crippen LogP contribution in [-0.4, -0.2) is 27.1 Å². The third kappa shape index (κ3) is 3.68. The Morgan fingerprint density at radius 2 is 1.61 bits per heavy atom. The van der Waals surface area contributed by atoms with Gasteiger partial charge in [-0.15, -0.1) is 0 Å². The molecule has 2 amide bonds. The SMILES string of the molecule is Cc1c(C(=O)C(=O)Nc2ccccn2)c(C)n(C)c1C(=O)Nc1ccccc1. The van der Waals surface area contributed by atoms with Crippen molar-refractivity contribution in [3.05, 3.63) is 77.2 Å². The van der Waals surface area contributed by atoms with Gasteiger partial charge in [-0.3, -0.25) is 14.4 Å². The van der Waals surface area contributed by atoms with Crippen LogP contribution in [0.2, 0.25) is 0 Å². The van der Waals surface area contributed by atoms with Crippen LogP contribution in [0.15, 0.2) is 54.7 Å². The number of rotatable bonds is 5. The minimum absolute atomic E-state index is 0.217. The van der Waals surface area contributed by atoms with E-state index in [2.05, 4.69) is 15.6 Å². The maximum absolute atomic E-state index is 12.8. The number of benzene rings is 1. The monoisotopic (exact) mass is 376 g/mol. The molecule has 0 aliphatic heterocycles. The highest BCUT2D eigenvalue weighted by Crippen LogP contribution is 2.23. The quantitative estimate of drug-likeness (QED) is 0.529. The number of carbonyl (C=O) groups excluding carboxylic acids is 3. The zero-order valence-corrected chi connectivity index (χ0v) is 15.8. The molecule has 0 unspecified atom stereocenters. The first kappa shape index (κ1) is 19.0. The summed E-state index contributed by atoms with van der Waals surface area (Å²) in [7, 11) is 1.69. The number of ketones is 1. The van der Waals surface area contributed by atoms with E-state index in [4.69, 9.17) is 0 Å². The fraction of sp³-hybridized carbons (Fsp3) is 0.143. The molecule has 1 aromatic carbocycles. The molecular formula is C21H20N4O3. The summed E-state index contributed by atoms with van der Waals surface area (Å²) in [6, 6.07) is 14.0. The molecule has 0 saturated heterocycles. The minimum Gasteiger partial charge on any atom is -0.343 e. The number of anilines is 2. The van der Waals surface area contributed by atoms with Crippen molar-refractivity contribution in [3.8, 4) is 0 Å². The van der Waals surface area contributed by atoms with E-state index in [9.17, 15) is 14.4 Å². The molecule has 28 heavy (non-hydrogen) atoms. The molecule has 0 aliphatic carbocycles. The first-order chi connectivity index (χ1) is 13.4. The summed E-state index contributed by atoms with van der Waals surface area (Å²) in [5.41, 5.74) is 2.18. The molecule has 142 valence electrons. The van der Waals surface area contributed by atoms with E-state index in [-0.39, 0.29) is 17.3 Å². The first-order valence-electron chi connectivity index (χ1n) is 8.69. The Kier molecular flexibility index (Phi) is 5.35. The van der Waals surface area contributed by atoms with Crippen LogP contribution in [-0.2, 0) is 11.8 Å². The number of pyridine rings is 1. The Labute approximate surface area is 162 Å². The normalized spacial score (nSPS) is 10.4. The second-order valence-electron chi connectivity index (χ2n) is 6.31. The topological polar surface area (TPSA) is 93.1 Å². The molecule has 7 nitrogen and oxygen atoms in total. The molecule has 0 atom stereocenters. The summed E-state index contributed by atoms with van der Waals surface area (Å²) < 4.78 is 1.62. The molecule has 3 rings (SSSR count). The van der Waals surface area contributed by atoms with Crippen LogP contribution < -0.4 is 10.6 Å². The third-order valence-electron chi connectivity index (χ3n) is 4.52. The zero-order chi connectivity index (χ0) is 20.3. The zero-order valence-electron chi connectivity index (χ0n) is 15.8. The van der Waals surface area contributed by atoms with E-state index < -0.39 is 11.7 Å². The first-order valence-corrected chi connectivity index (χ1v) is 8.69. The predicted molar refractivity (Wildman–Crippen MR) is 106 cm³/mol. The van der Waals surface area contributed by atoms with Gasteiger partial charge in [-0.05, 0) is 43.7 Å². The largest absolute Gasteiger partial charge is 0.343 e. The van der Waals surface area contributed by atoms with Crippen LogP contribution in [0.3, 0.4) is 0 Å². The smallest absolute Gasteiger partial charge is 0.297 e. The lowest BCUT2D eigenvalue weighted by atomic mass is 10.0. The maximum atomic E-state index is 12.8. The Morgan fingerprint density at radius 1 is 0.929 bits per heavy atom. The van der Waals surface area contributed by atoms with Crippen molar-refractivity contribution in [3.63, 3.8) is 0 Å². The molecule has 2 aromatic heterocycles. The fourth-order valence-corrected chi connectivity index (χ4v) is 3.07. The van der Waals surface area contributed by atoms with Crippen molar-refractivity contribution in [2.24, 2.45) is 7.05 Å². The van der Waals surface area contributed by atoms with E-state index in [1.54, 1.807) is 55.8 Å². The summed E-state index contributed by atoms with van der Waals surface area (Å²) in [5.74, 6) is -1.58. The fourth-order valence-electron chi connectivity index (χ4n) is 3.07. The van der Waals surface area contributed by atoms with E-state index in [1.165, 1.54) is 6.20 Å². The van der Waals surface area contributed by atoms with Crippen molar-refractivity contribution in [1.29, 1.82) is 0 Å². The number of aromatic nitrogens is 2. The summed E-state index contributed by atoms with van der Waals surface area (Å²) in [4.78, 5) is 41.9. The summed E-state index contributed by atoms with van der Waals surface area (Å²) in [6.07, 6.45) is 1.52. The van der Waals surface area contributed by atoms with Crippen LogP contribution in [0, 0.1) is 13.8 Å². The third-order valence-corrected chi connectivity index (χ3v) is 4.52. The second-order valence-corrected chi connectivity index (χ2v) is 6.31. The van der Waals surface area contributed by atoms with Gasteiger partial charge in [-0.25, -0.2) is 4.98 Å². The Morgan fingerprint density at radius 3 is 2.25 bits per heavy atom. The van der Waals surface area contributed by atoms with Gasteiger partial charge in [-0.2, -0.15) is 0 Å². The molecule has 0 aliphatic rings. The van der Waals surface area contributed by atoms with Crippen molar-refractivity contribution in [2.45, 2.75) is 13.8 Å². The molecule has 3 aromatic rings. The van der Waals surface area contributed by atoms with E-state index >= 15 is 0 Å². The van der Waals surface area contributed by atoms with Gasteiger partial charge >= 0.3 is 0 Å². The summed E-state index contributed by atoms with van der Waals surface area (Å²) in [6.45, 7) is 3.36. The molecule has 0 saturated carbocycles. The molecule has 7 heteroatoms. The second kappa shape index (κ2) is 7.87. The standard InChI is InChI=1S/C21H20N4O3/c1-13-17(19(26)21(28)24-16-11-7-8-12-22-16)14(2)25(3)18(13)20(27)23-15-9-5-4-6-10-15/h4-12H,1-3H3,(H,23,27)(H,22,24,28). The van der Waals surface area contributed by atoms with Crippen LogP contribution in [0.1, 0.15) is 32.1 Å². The summed E-state index contributed by atoms with van der Waals surface area (Å²) in [5, 5.41) is 5.29. The van der Waals surface area contributed by atoms with Crippen molar-refractivity contribution in [2.75, 3.05) is 10.6 Å². The van der Waals surface area contributed by atoms with Gasteiger partial charge in [0.1, 0.15) is 11.5 Å². The Balaban J connectivity index is 1.88. The average Bonchev–Trinajstić information content (AvgIpc) is 2.91. The van der Waals surface area contributed by atoms with Gasteiger partial charge in [0.25, 0.3) is 17.6 Å². The lowest BCUT2D eigenvalue weighted by molar-refractivity contribution is -0.112. The number of hydrogen-bond donors (Lipinski definition) is 2. The molecule has 2 heterocycles. The lowest BCUT2D eigenvalue weighted by Crippen LogP contribution is -2.24. The number of carbonyl (C=O) groups is 3. The van der Waals surface area contributed by atoms with Gasteiger partial charge in [0, 0.05) is 24.6 Å². The Hall–Kier alpha value is -3.74. The lowest BCUT2D eigenvalue weighted by Gasteiger charge is -2.08. The van der Waals surface area contributed by atoms with Crippen LogP contribution in [0.25, 0.3) is 0 Å². The van der Waals surface area contributed by atoms with Gasteiger partial charge < -0.3 is 15.2 Å². The van der Waals surface area contributed by atoms with Crippen molar-refractivity contribution in [1.82, 2.24) is 9.55 Å². The Bertz CT molecular complexity index is 1040. The van der Waals surface area contributed by atoms with Crippen molar-refractivity contribution < 1.29 is 14.4 Å². The maximum Gasteiger partial charge on any atom is 0.297 e. The number of hydrogen-bond acceptors (Lipinski definition) is 4. The predicted octanol–water partition coefficient (Wildman–Crippen LogP) is 3.11. The molecule has 2 N–H and O–H groups in total.